The first-order chi connectivity index (χ1) is 12.1. The highest BCUT2D eigenvalue weighted by molar-refractivity contribution is 6.30. The average molecular weight is 365 g/mol. The summed E-state index contributed by atoms with van der Waals surface area (Å²) in [5, 5.41) is 4.00. The Balaban J connectivity index is 1.71. The molecule has 0 radical (unpaired) electrons. The third-order valence-corrected chi connectivity index (χ3v) is 5.60. The van der Waals surface area contributed by atoms with Crippen molar-refractivity contribution in [3.63, 3.8) is 0 Å². The van der Waals surface area contributed by atoms with Crippen molar-refractivity contribution in [1.29, 1.82) is 0 Å². The molecule has 3 nitrogen and oxygen atoms in total. The molecule has 0 unspecified atom stereocenters. The molecule has 0 aromatic heterocycles. The van der Waals surface area contributed by atoms with Crippen LogP contribution < -0.4 is 5.32 Å². The van der Waals surface area contributed by atoms with Crippen LogP contribution in [0, 0.1) is 11.8 Å². The van der Waals surface area contributed by atoms with Crippen molar-refractivity contribution >= 4 is 17.5 Å². The van der Waals surface area contributed by atoms with Gasteiger partial charge in [-0.25, -0.2) is 0 Å². The van der Waals surface area contributed by atoms with Gasteiger partial charge in [0.2, 0.25) is 5.91 Å². The zero-order valence-electron chi connectivity index (χ0n) is 15.8. The van der Waals surface area contributed by atoms with Crippen LogP contribution in [0.2, 0.25) is 5.02 Å². The van der Waals surface area contributed by atoms with Gasteiger partial charge in [0.1, 0.15) is 0 Å². The molecule has 0 saturated carbocycles. The van der Waals surface area contributed by atoms with Crippen molar-refractivity contribution in [3.05, 3.63) is 34.9 Å². The van der Waals surface area contributed by atoms with Crippen LogP contribution in [0.5, 0.6) is 0 Å². The number of amides is 1. The molecule has 0 spiro atoms. The van der Waals surface area contributed by atoms with E-state index in [4.69, 9.17) is 11.6 Å². The van der Waals surface area contributed by atoms with Gasteiger partial charge in [0.05, 0.1) is 0 Å². The van der Waals surface area contributed by atoms with Crippen LogP contribution in [-0.2, 0) is 11.3 Å². The van der Waals surface area contributed by atoms with Gasteiger partial charge in [0.25, 0.3) is 0 Å². The molecule has 25 heavy (non-hydrogen) atoms. The highest BCUT2D eigenvalue weighted by atomic mass is 35.5. The molecule has 1 fully saturated rings. The number of likely N-dealkylation sites (tertiary alicyclic amines) is 1. The van der Waals surface area contributed by atoms with Gasteiger partial charge in [-0.3, -0.25) is 9.69 Å². The van der Waals surface area contributed by atoms with Crippen LogP contribution in [0.3, 0.4) is 0 Å². The quantitative estimate of drug-likeness (QED) is 0.676. The van der Waals surface area contributed by atoms with Crippen molar-refractivity contribution < 1.29 is 4.79 Å². The fourth-order valence-electron chi connectivity index (χ4n) is 3.58. The van der Waals surface area contributed by atoms with Crippen molar-refractivity contribution in [3.8, 4) is 0 Å². The Hall–Kier alpha value is -1.06. The van der Waals surface area contributed by atoms with E-state index in [2.05, 4.69) is 30.1 Å². The summed E-state index contributed by atoms with van der Waals surface area (Å²) in [4.78, 5) is 14.9. The van der Waals surface area contributed by atoms with E-state index in [0.717, 1.165) is 50.5 Å². The number of unbranched alkanes of at least 4 members (excludes halogenated alkanes) is 1. The number of rotatable bonds is 9. The van der Waals surface area contributed by atoms with Crippen molar-refractivity contribution in [2.24, 2.45) is 11.8 Å². The van der Waals surface area contributed by atoms with Crippen molar-refractivity contribution in [2.75, 3.05) is 19.6 Å². The van der Waals surface area contributed by atoms with Gasteiger partial charge in [0, 0.05) is 24.0 Å². The number of piperidine rings is 1. The summed E-state index contributed by atoms with van der Waals surface area (Å²) in [5.41, 5.74) is 1.25. The van der Waals surface area contributed by atoms with Gasteiger partial charge in [-0.1, -0.05) is 56.8 Å². The normalized spacial score (nSPS) is 17.4. The summed E-state index contributed by atoms with van der Waals surface area (Å²) in [5.74, 6) is 1.07. The fraction of sp³-hybridized carbons (Fsp3) is 0.667. The number of hydrogen-bond donors (Lipinski definition) is 1. The molecule has 140 valence electrons. The Morgan fingerprint density at radius 3 is 2.72 bits per heavy atom. The lowest BCUT2D eigenvalue weighted by molar-refractivity contribution is -0.126. The minimum absolute atomic E-state index is 0.180. The predicted molar refractivity (Wildman–Crippen MR) is 106 cm³/mol. The molecular weight excluding hydrogens is 332 g/mol. The molecule has 0 bridgehead atoms. The summed E-state index contributed by atoms with van der Waals surface area (Å²) in [6.07, 6.45) is 6.78. The van der Waals surface area contributed by atoms with E-state index in [1.165, 1.54) is 24.8 Å². The molecule has 1 atom stereocenters. The molecule has 1 aromatic rings. The summed E-state index contributed by atoms with van der Waals surface area (Å²) in [7, 11) is 0. The Labute approximate surface area is 158 Å². The number of hydrogen-bond acceptors (Lipinski definition) is 2. The van der Waals surface area contributed by atoms with Crippen LogP contribution >= 0.6 is 11.6 Å². The SMILES string of the molecule is CCCC[C@H](CC)CNC(=O)C1CCN(Cc2cccc(Cl)c2)CC1. The third-order valence-electron chi connectivity index (χ3n) is 5.36. The number of nitrogens with one attached hydrogen (secondary N) is 1. The number of carbonyl (C=O) groups excluding carboxylic acids is 1. The van der Waals surface area contributed by atoms with E-state index < -0.39 is 0 Å². The zero-order chi connectivity index (χ0) is 18.1. The van der Waals surface area contributed by atoms with E-state index in [1.807, 2.05) is 18.2 Å². The smallest absolute Gasteiger partial charge is 0.223 e. The van der Waals surface area contributed by atoms with Crippen molar-refractivity contribution in [1.82, 2.24) is 10.2 Å². The highest BCUT2D eigenvalue weighted by Crippen LogP contribution is 2.21. The number of halogens is 1. The maximum Gasteiger partial charge on any atom is 0.223 e. The van der Waals surface area contributed by atoms with Crippen LogP contribution in [0.25, 0.3) is 0 Å². The predicted octanol–water partition coefficient (Wildman–Crippen LogP) is 4.88. The molecule has 1 aliphatic heterocycles. The fourth-order valence-corrected chi connectivity index (χ4v) is 3.79. The van der Waals surface area contributed by atoms with Crippen LogP contribution in [0.15, 0.2) is 24.3 Å². The number of nitrogens with zero attached hydrogens (tertiary/aromatic N) is 1. The van der Waals surface area contributed by atoms with Gasteiger partial charge in [-0.15, -0.1) is 0 Å². The van der Waals surface area contributed by atoms with Crippen LogP contribution in [0.4, 0.5) is 0 Å². The van der Waals surface area contributed by atoms with Crippen LogP contribution in [-0.4, -0.2) is 30.4 Å². The highest BCUT2D eigenvalue weighted by Gasteiger charge is 2.25. The van der Waals surface area contributed by atoms with Crippen molar-refractivity contribution in [2.45, 2.75) is 58.9 Å². The largest absolute Gasteiger partial charge is 0.356 e. The van der Waals surface area contributed by atoms with E-state index in [-0.39, 0.29) is 11.8 Å². The lowest BCUT2D eigenvalue weighted by Gasteiger charge is -2.31. The number of carbonyl (C=O) groups is 1. The second kappa shape index (κ2) is 10.8. The Morgan fingerprint density at radius 1 is 1.32 bits per heavy atom. The molecule has 2 rings (SSSR count). The topological polar surface area (TPSA) is 32.3 Å². The molecule has 1 saturated heterocycles. The molecule has 1 aliphatic rings. The Bertz CT molecular complexity index is 526. The lowest BCUT2D eigenvalue weighted by Crippen LogP contribution is -2.41. The third kappa shape index (κ3) is 6.99. The van der Waals surface area contributed by atoms with Gasteiger partial charge in [0.15, 0.2) is 0 Å². The minimum Gasteiger partial charge on any atom is -0.356 e. The molecule has 1 aromatic carbocycles. The zero-order valence-corrected chi connectivity index (χ0v) is 16.5. The average Bonchev–Trinajstić information content (AvgIpc) is 2.62. The van der Waals surface area contributed by atoms with Gasteiger partial charge < -0.3 is 5.32 Å². The monoisotopic (exact) mass is 364 g/mol. The summed E-state index contributed by atoms with van der Waals surface area (Å²) < 4.78 is 0. The molecule has 4 heteroatoms. The minimum atomic E-state index is 0.180. The lowest BCUT2D eigenvalue weighted by atomic mass is 9.94. The second-order valence-electron chi connectivity index (χ2n) is 7.34. The van der Waals surface area contributed by atoms with E-state index in [9.17, 15) is 4.79 Å². The van der Waals surface area contributed by atoms with E-state index in [0.29, 0.717) is 5.92 Å². The summed E-state index contributed by atoms with van der Waals surface area (Å²) in [6, 6.07) is 8.06. The second-order valence-corrected chi connectivity index (χ2v) is 7.78. The van der Waals surface area contributed by atoms with Crippen LogP contribution in [0.1, 0.15) is 57.9 Å². The first-order valence-corrected chi connectivity index (χ1v) is 10.2. The Kier molecular flexibility index (Phi) is 8.77. The molecule has 0 aliphatic carbocycles. The van der Waals surface area contributed by atoms with Gasteiger partial charge in [-0.2, -0.15) is 0 Å². The first-order valence-electron chi connectivity index (χ1n) is 9.86. The van der Waals surface area contributed by atoms with E-state index in [1.54, 1.807) is 0 Å². The summed E-state index contributed by atoms with van der Waals surface area (Å²) in [6.45, 7) is 8.18. The first kappa shape index (κ1) is 20.3. The Morgan fingerprint density at radius 2 is 2.08 bits per heavy atom. The van der Waals surface area contributed by atoms with Gasteiger partial charge in [-0.05, 0) is 56.0 Å². The molecule has 1 N–H and O–H groups in total. The molecular formula is C21H33ClN2O. The maximum atomic E-state index is 12.5. The van der Waals surface area contributed by atoms with E-state index >= 15 is 0 Å². The standard InChI is InChI=1S/C21H33ClN2O/c1-3-5-7-17(4-2)15-23-21(25)19-10-12-24(13-11-19)16-18-8-6-9-20(22)14-18/h6,8-9,14,17,19H,3-5,7,10-13,15-16H2,1-2H3,(H,23,25)/t17-/m0/s1. The summed E-state index contributed by atoms with van der Waals surface area (Å²) >= 11 is 6.06. The van der Waals surface area contributed by atoms with Gasteiger partial charge >= 0.3 is 0 Å². The molecule has 1 heterocycles. The maximum absolute atomic E-state index is 12.5. The molecule has 1 amide bonds. The number of benzene rings is 1.